The molecule has 0 radical (unpaired) electrons. The summed E-state index contributed by atoms with van der Waals surface area (Å²) in [5.41, 5.74) is -0.731. The number of anilines is 1. The van der Waals surface area contributed by atoms with Crippen molar-refractivity contribution in [3.05, 3.63) is 24.3 Å². The Bertz CT molecular complexity index is 609. The Hall–Kier alpha value is -1.72. The van der Waals surface area contributed by atoms with Crippen LogP contribution in [0.15, 0.2) is 24.3 Å². The number of halogens is 7. The number of nitrogens with one attached hydrogen (secondary N) is 1. The van der Waals surface area contributed by atoms with Gasteiger partial charge in [0.1, 0.15) is 5.75 Å². The van der Waals surface area contributed by atoms with Crippen LogP contribution in [0.1, 0.15) is 0 Å². The van der Waals surface area contributed by atoms with Crippen LogP contribution >= 0.6 is 0 Å². The highest BCUT2D eigenvalue weighted by atomic mass is 32.2. The molecule has 1 aromatic carbocycles. The van der Waals surface area contributed by atoms with Gasteiger partial charge >= 0.3 is 27.4 Å². The van der Waals surface area contributed by atoms with Crippen molar-refractivity contribution < 1.29 is 44.3 Å². The van der Waals surface area contributed by atoms with Gasteiger partial charge in [0.15, 0.2) is 0 Å². The topological polar surface area (TPSA) is 66.4 Å². The van der Waals surface area contributed by atoms with Gasteiger partial charge < -0.3 is 5.11 Å². The van der Waals surface area contributed by atoms with Crippen molar-refractivity contribution >= 4 is 15.7 Å². The molecule has 0 aliphatic heterocycles. The number of phenols is 1. The smallest absolute Gasteiger partial charge is 0.461 e. The van der Waals surface area contributed by atoms with Crippen molar-refractivity contribution in [3.8, 4) is 5.75 Å². The Balaban J connectivity index is 3.20. The molecule has 0 atom stereocenters. The van der Waals surface area contributed by atoms with Crippen LogP contribution in [0.25, 0.3) is 0 Å². The van der Waals surface area contributed by atoms with Gasteiger partial charge in [-0.15, -0.1) is 0 Å². The lowest BCUT2D eigenvalue weighted by molar-refractivity contribution is -0.332. The van der Waals surface area contributed by atoms with Crippen LogP contribution in [0.3, 0.4) is 0 Å². The number of aromatic hydroxyl groups is 1. The van der Waals surface area contributed by atoms with E-state index in [4.69, 9.17) is 5.11 Å². The van der Waals surface area contributed by atoms with Crippen LogP contribution in [-0.4, -0.2) is 30.9 Å². The molecular weight excluding hydrogens is 335 g/mol. The summed E-state index contributed by atoms with van der Waals surface area (Å²) in [5.74, 6) is -7.20. The highest BCUT2D eigenvalue weighted by molar-refractivity contribution is 7.93. The number of hydrogen-bond donors (Lipinski definition) is 2. The zero-order chi connectivity index (χ0) is 16.7. The summed E-state index contributed by atoms with van der Waals surface area (Å²) in [4.78, 5) is 0. The molecule has 0 spiro atoms. The lowest BCUT2D eigenvalue weighted by Gasteiger charge is -2.27. The van der Waals surface area contributed by atoms with Gasteiger partial charge in [-0.1, -0.05) is 0 Å². The molecule has 1 aromatic rings. The first-order valence-electron chi connectivity index (χ1n) is 4.86. The predicted molar refractivity (Wildman–Crippen MR) is 56.6 cm³/mol. The van der Waals surface area contributed by atoms with Gasteiger partial charge in [-0.2, -0.15) is 39.2 Å². The normalized spacial score (nSPS) is 14.0. The van der Waals surface area contributed by atoms with E-state index in [-0.39, 0.29) is 0 Å². The van der Waals surface area contributed by atoms with Crippen LogP contribution in [0.2, 0.25) is 0 Å². The van der Waals surface area contributed by atoms with Gasteiger partial charge in [-0.25, -0.2) is 0 Å². The number of benzene rings is 1. The van der Waals surface area contributed by atoms with E-state index in [9.17, 15) is 39.2 Å². The molecule has 0 bridgehead atoms. The fourth-order valence-corrected chi connectivity index (χ4v) is 2.11. The van der Waals surface area contributed by atoms with E-state index in [0.717, 1.165) is 16.9 Å². The van der Waals surface area contributed by atoms with E-state index in [1.165, 1.54) is 0 Å². The Morgan fingerprint density at radius 1 is 0.905 bits per heavy atom. The minimum atomic E-state index is -6.79. The maximum absolute atomic E-state index is 13.1. The maximum Gasteiger partial charge on any atom is 0.461 e. The fraction of sp³-hybridized carbons (Fsp3) is 0.333. The quantitative estimate of drug-likeness (QED) is 0.654. The molecule has 0 amide bonds. The second kappa shape index (κ2) is 4.93. The Kier molecular flexibility index (Phi) is 4.07. The number of sulfonamides is 1. The summed E-state index contributed by atoms with van der Waals surface area (Å²) >= 11 is 0. The standard InChI is InChI=1S/C9H6F7NO3S/c10-7(11,8(12,13)14)9(15,16)21(19,20)17-5-1-3-6(18)4-2-5/h1-4,17-18H. The van der Waals surface area contributed by atoms with Gasteiger partial charge in [-0.3, -0.25) is 4.72 Å². The molecule has 12 heteroatoms. The number of alkyl halides is 7. The van der Waals surface area contributed by atoms with Crippen molar-refractivity contribution in [3.63, 3.8) is 0 Å². The molecule has 21 heavy (non-hydrogen) atoms. The third-order valence-corrected chi connectivity index (χ3v) is 3.61. The Labute approximate surface area is 113 Å². The van der Waals surface area contributed by atoms with E-state index in [2.05, 4.69) is 0 Å². The molecule has 0 saturated carbocycles. The molecule has 120 valence electrons. The van der Waals surface area contributed by atoms with Gasteiger partial charge in [0.25, 0.3) is 0 Å². The van der Waals surface area contributed by atoms with Crippen molar-refractivity contribution in [2.75, 3.05) is 4.72 Å². The summed E-state index contributed by atoms with van der Waals surface area (Å²) < 4.78 is 110. The Morgan fingerprint density at radius 2 is 1.33 bits per heavy atom. The lowest BCUT2D eigenvalue weighted by atomic mass is 10.3. The molecular formula is C9H6F7NO3S. The molecule has 1 rings (SSSR count). The minimum absolute atomic E-state index is 0.412. The SMILES string of the molecule is O=S(=O)(Nc1ccc(O)cc1)C(F)(F)C(F)(F)C(F)(F)F. The third-order valence-electron chi connectivity index (χ3n) is 2.18. The molecule has 4 nitrogen and oxygen atoms in total. The molecule has 0 fully saturated rings. The largest absolute Gasteiger partial charge is 0.508 e. The van der Waals surface area contributed by atoms with E-state index in [1.807, 2.05) is 0 Å². The molecule has 0 saturated heterocycles. The van der Waals surface area contributed by atoms with Crippen LogP contribution in [-0.2, 0) is 10.0 Å². The zero-order valence-corrected chi connectivity index (χ0v) is 10.4. The van der Waals surface area contributed by atoms with Gasteiger partial charge in [0.05, 0.1) is 0 Å². The van der Waals surface area contributed by atoms with Gasteiger partial charge in [0.2, 0.25) is 0 Å². The van der Waals surface area contributed by atoms with Crippen LogP contribution in [0.4, 0.5) is 36.4 Å². The third kappa shape index (κ3) is 2.99. The number of hydrogen-bond acceptors (Lipinski definition) is 3. The fourth-order valence-electron chi connectivity index (χ4n) is 1.08. The van der Waals surface area contributed by atoms with Crippen molar-refractivity contribution in [2.45, 2.75) is 17.4 Å². The average molecular weight is 341 g/mol. The van der Waals surface area contributed by atoms with Crippen LogP contribution < -0.4 is 4.72 Å². The second-order valence-corrected chi connectivity index (χ2v) is 5.47. The average Bonchev–Trinajstić information content (AvgIpc) is 2.30. The van der Waals surface area contributed by atoms with E-state index >= 15 is 0 Å². The summed E-state index contributed by atoms with van der Waals surface area (Å²) in [5, 5.41) is 2.42. The minimum Gasteiger partial charge on any atom is -0.508 e. The zero-order valence-electron chi connectivity index (χ0n) is 9.63. The summed E-state index contributed by atoms with van der Waals surface area (Å²) in [7, 11) is -6.40. The monoisotopic (exact) mass is 341 g/mol. The molecule has 0 aliphatic rings. The maximum atomic E-state index is 13.1. The molecule has 2 N–H and O–H groups in total. The first kappa shape index (κ1) is 17.3. The Morgan fingerprint density at radius 3 is 1.71 bits per heavy atom. The first-order chi connectivity index (χ1) is 9.22. The summed E-state index contributed by atoms with van der Waals surface area (Å²) in [6.45, 7) is 0. The van der Waals surface area contributed by atoms with Gasteiger partial charge in [-0.05, 0) is 24.3 Å². The molecule has 0 aromatic heterocycles. The van der Waals surface area contributed by atoms with Crippen molar-refractivity contribution in [1.82, 2.24) is 0 Å². The predicted octanol–water partition coefficient (Wildman–Crippen LogP) is 2.92. The lowest BCUT2D eigenvalue weighted by Crippen LogP contribution is -2.57. The summed E-state index contributed by atoms with van der Waals surface area (Å²) in [6, 6.07) is 2.99. The highest BCUT2D eigenvalue weighted by Gasteiger charge is 2.78. The van der Waals surface area contributed by atoms with Gasteiger partial charge in [0, 0.05) is 5.69 Å². The second-order valence-electron chi connectivity index (χ2n) is 3.74. The van der Waals surface area contributed by atoms with Crippen LogP contribution in [0.5, 0.6) is 5.75 Å². The number of phenolic OH excluding ortho intramolecular Hbond substituents is 1. The van der Waals surface area contributed by atoms with E-state index in [0.29, 0.717) is 12.1 Å². The first-order valence-corrected chi connectivity index (χ1v) is 6.34. The van der Waals surface area contributed by atoms with E-state index in [1.54, 1.807) is 0 Å². The van der Waals surface area contributed by atoms with Crippen molar-refractivity contribution in [2.24, 2.45) is 0 Å². The molecule has 0 aliphatic carbocycles. The highest BCUT2D eigenvalue weighted by Crippen LogP contribution is 2.49. The number of rotatable bonds is 4. The molecule has 0 heterocycles. The van der Waals surface area contributed by atoms with E-state index < -0.39 is 38.8 Å². The van der Waals surface area contributed by atoms with Crippen molar-refractivity contribution in [1.29, 1.82) is 0 Å². The van der Waals surface area contributed by atoms with Crippen LogP contribution in [0, 0.1) is 0 Å². The summed E-state index contributed by atoms with van der Waals surface area (Å²) in [6.07, 6.45) is -6.76. The molecule has 0 unspecified atom stereocenters.